The van der Waals surface area contributed by atoms with Crippen molar-refractivity contribution in [3.63, 3.8) is 0 Å². The molecule has 0 aliphatic heterocycles. The topological polar surface area (TPSA) is 0 Å². The molecule has 4 aromatic carbocycles. The van der Waals surface area contributed by atoms with Crippen molar-refractivity contribution in [3.8, 4) is 0 Å². The summed E-state index contributed by atoms with van der Waals surface area (Å²) in [6, 6.07) is 43.3. The molecule has 0 aromatic heterocycles. The first-order chi connectivity index (χ1) is 16.1. The van der Waals surface area contributed by atoms with E-state index < -0.39 is 26.4 Å². The predicted molar refractivity (Wildman–Crippen MR) is 149 cm³/mol. The quantitative estimate of drug-likeness (QED) is 0.140. The van der Waals surface area contributed by atoms with Gasteiger partial charge in [0.05, 0.1) is 0 Å². The van der Waals surface area contributed by atoms with E-state index in [9.17, 15) is 0 Å². The molecule has 0 spiro atoms. The molecular weight excluding hydrogens is 528 g/mol. The number of benzene rings is 4. The van der Waals surface area contributed by atoms with Crippen LogP contribution in [0, 0.1) is 0 Å². The summed E-state index contributed by atoms with van der Waals surface area (Å²) in [6.07, 6.45) is 2.04. The Morgan fingerprint density at radius 3 is 0.909 bits per heavy atom. The van der Waals surface area contributed by atoms with Gasteiger partial charge in [0.15, 0.2) is 0 Å². The average molecular weight is 556 g/mol. The van der Waals surface area contributed by atoms with Crippen molar-refractivity contribution in [2.75, 3.05) is 12.3 Å². The van der Waals surface area contributed by atoms with Crippen LogP contribution >= 0.6 is 36.2 Å². The Kier molecular flexibility index (Phi) is 9.44. The molecule has 4 aromatic rings. The second-order valence-electron chi connectivity index (χ2n) is 7.50. The number of rotatable bonds is 10. The van der Waals surface area contributed by atoms with Crippen molar-refractivity contribution in [1.29, 1.82) is 0 Å². The van der Waals surface area contributed by atoms with Crippen molar-refractivity contribution in [2.45, 2.75) is 10.8 Å². The van der Waals surface area contributed by atoms with E-state index in [4.69, 9.17) is 20.4 Å². The zero-order valence-electron chi connectivity index (χ0n) is 18.3. The zero-order chi connectivity index (χ0) is 22.9. The van der Waals surface area contributed by atoms with Crippen LogP contribution in [-0.2, 0) is 10.6 Å². The van der Waals surface area contributed by atoms with Gasteiger partial charge in [-0.1, -0.05) is 0 Å². The molecule has 0 saturated heterocycles. The molecule has 0 atom stereocenters. The van der Waals surface area contributed by atoms with Crippen LogP contribution in [-0.4, -0.2) is 12.3 Å². The van der Waals surface area contributed by atoms with Crippen LogP contribution in [0.4, 0.5) is 0 Å². The van der Waals surface area contributed by atoms with Crippen molar-refractivity contribution in [3.05, 3.63) is 121 Å². The van der Waals surface area contributed by atoms with Gasteiger partial charge in [0.25, 0.3) is 0 Å². The molecular formula is C28H28Cl2NiP2. The Bertz CT molecular complexity index is 926. The van der Waals surface area contributed by atoms with E-state index >= 15 is 0 Å². The summed E-state index contributed by atoms with van der Waals surface area (Å²) < 4.78 is 0. The van der Waals surface area contributed by atoms with E-state index in [1.807, 2.05) is 0 Å². The van der Waals surface area contributed by atoms with Gasteiger partial charge in [-0.15, -0.1) is 0 Å². The molecule has 0 nitrogen and oxygen atoms in total. The Morgan fingerprint density at radius 2 is 0.667 bits per heavy atom. The summed E-state index contributed by atoms with van der Waals surface area (Å²) in [5, 5.41) is 7.29. The van der Waals surface area contributed by atoms with Crippen molar-refractivity contribution < 1.29 is 10.6 Å². The first kappa shape index (κ1) is 24.9. The third kappa shape index (κ3) is 7.40. The molecule has 0 heterocycles. The molecule has 0 N–H and O–H groups in total. The summed E-state index contributed by atoms with van der Waals surface area (Å²) in [4.78, 5) is 0. The second-order valence-corrected chi connectivity index (χ2v) is 19.1. The summed E-state index contributed by atoms with van der Waals surface area (Å²) in [6.45, 7) is 0. The molecule has 174 valence electrons. The molecule has 0 radical (unpaired) electrons. The molecule has 0 bridgehead atoms. The zero-order valence-corrected chi connectivity index (χ0v) is 22.6. The molecule has 0 unspecified atom stereocenters. The Morgan fingerprint density at radius 1 is 0.424 bits per heavy atom. The maximum absolute atomic E-state index is 7.05. The summed E-state index contributed by atoms with van der Waals surface area (Å²) in [5.41, 5.74) is 0. The van der Waals surface area contributed by atoms with Crippen molar-refractivity contribution in [1.82, 2.24) is 0 Å². The fraction of sp³-hybridized carbons (Fsp3) is 0.143. The summed E-state index contributed by atoms with van der Waals surface area (Å²) in [7, 11) is 11.3. The standard InChI is InChI=1S/2C14H14P.2ClH.Ni/c2*1-2-15(13-9-5-3-6-10-13)14-11-7-4-8-12-14;;;/h2*3-12H,1-2H2;2*1H;/q;;;;+2/p-2. The van der Waals surface area contributed by atoms with E-state index in [2.05, 4.69) is 121 Å². The Hall–Kier alpha value is -1.19. The Labute approximate surface area is 211 Å². The van der Waals surface area contributed by atoms with Gasteiger partial charge in [-0.2, -0.15) is 0 Å². The normalized spacial score (nSPS) is 12.2. The number of hydrogen-bond acceptors (Lipinski definition) is 0. The van der Waals surface area contributed by atoms with Gasteiger partial charge in [0, 0.05) is 0 Å². The van der Waals surface area contributed by atoms with Gasteiger partial charge in [-0.3, -0.25) is 0 Å². The van der Waals surface area contributed by atoms with Gasteiger partial charge in [-0.05, 0) is 0 Å². The van der Waals surface area contributed by atoms with Gasteiger partial charge in [0.1, 0.15) is 0 Å². The van der Waals surface area contributed by atoms with Gasteiger partial charge >= 0.3 is 212 Å². The van der Waals surface area contributed by atoms with Crippen LogP contribution in [0.15, 0.2) is 121 Å². The molecule has 5 heteroatoms. The molecule has 33 heavy (non-hydrogen) atoms. The van der Waals surface area contributed by atoms with E-state index in [1.165, 1.54) is 21.2 Å². The van der Waals surface area contributed by atoms with E-state index in [-0.39, 0.29) is 0 Å². The van der Waals surface area contributed by atoms with E-state index in [0.717, 1.165) is 23.1 Å². The number of hydrogen-bond donors (Lipinski definition) is 0. The third-order valence-electron chi connectivity index (χ3n) is 5.32. The van der Waals surface area contributed by atoms with Crippen LogP contribution in [0.2, 0.25) is 10.8 Å². The first-order valence-corrected chi connectivity index (χ1v) is 18.0. The number of halogens is 2. The maximum atomic E-state index is 7.05. The van der Waals surface area contributed by atoms with Gasteiger partial charge < -0.3 is 0 Å². The Balaban J connectivity index is 1.47. The molecule has 0 aliphatic carbocycles. The van der Waals surface area contributed by atoms with Crippen molar-refractivity contribution >= 4 is 57.4 Å². The van der Waals surface area contributed by atoms with Gasteiger partial charge in [0.2, 0.25) is 0 Å². The molecule has 4 rings (SSSR count). The van der Waals surface area contributed by atoms with Crippen LogP contribution in [0.25, 0.3) is 0 Å². The minimum atomic E-state index is -1.85. The molecule has 0 saturated carbocycles. The fourth-order valence-corrected chi connectivity index (χ4v) is 14.3. The van der Waals surface area contributed by atoms with E-state index in [1.54, 1.807) is 0 Å². The molecule has 0 fully saturated rings. The average Bonchev–Trinajstić information content (AvgIpc) is 2.87. The van der Waals surface area contributed by atoms with Crippen LogP contribution in [0.1, 0.15) is 0 Å². The first-order valence-electron chi connectivity index (χ1n) is 10.9. The summed E-state index contributed by atoms with van der Waals surface area (Å²) in [5.74, 6) is 0. The van der Waals surface area contributed by atoms with Crippen molar-refractivity contribution in [2.24, 2.45) is 0 Å². The summed E-state index contributed by atoms with van der Waals surface area (Å²) >= 11 is 0. The van der Waals surface area contributed by atoms with Crippen LogP contribution in [0.3, 0.4) is 0 Å². The third-order valence-corrected chi connectivity index (χ3v) is 14.9. The molecule has 0 amide bonds. The van der Waals surface area contributed by atoms with Crippen LogP contribution < -0.4 is 21.2 Å². The van der Waals surface area contributed by atoms with Crippen LogP contribution in [0.5, 0.6) is 0 Å². The monoisotopic (exact) mass is 554 g/mol. The predicted octanol–water partition coefficient (Wildman–Crippen LogP) is 7.55. The molecule has 0 aliphatic rings. The second kappa shape index (κ2) is 12.5. The SMILES string of the molecule is [Cl][Ni]([Cl])([CH2]CP(c1ccccc1)c1ccccc1)[CH2]CP(c1ccccc1)c1ccccc1. The van der Waals surface area contributed by atoms with Gasteiger partial charge in [-0.25, -0.2) is 0 Å². The minimum absolute atomic E-state index is 0.469. The van der Waals surface area contributed by atoms with E-state index in [0.29, 0.717) is 0 Å². The fourth-order valence-electron chi connectivity index (χ4n) is 3.67.